The first-order valence-electron chi connectivity index (χ1n) is 7.62. The van der Waals surface area contributed by atoms with Crippen LogP contribution in [-0.2, 0) is 0 Å². The summed E-state index contributed by atoms with van der Waals surface area (Å²) in [4.78, 5) is 1.57. The van der Waals surface area contributed by atoms with E-state index in [1.165, 1.54) is 0 Å². The predicted molar refractivity (Wildman–Crippen MR) is 76.7 cm³/mol. The molecule has 20 heavy (non-hydrogen) atoms. The second kappa shape index (κ2) is 7.12. The van der Waals surface area contributed by atoms with E-state index in [4.69, 9.17) is 0 Å². The first kappa shape index (κ1) is 17.8. The molecule has 4 unspecified atom stereocenters. The smallest absolute Gasteiger partial charge is 0.317 e. The third-order valence-corrected chi connectivity index (χ3v) is 4.61. The van der Waals surface area contributed by atoms with Gasteiger partial charge >= 0.3 is 6.18 Å². The molecular weight excluding hydrogens is 265 g/mol. The number of halogens is 3. The third kappa shape index (κ3) is 5.24. The predicted octanol–water partition coefficient (Wildman–Crippen LogP) is 3.53. The van der Waals surface area contributed by atoms with Crippen molar-refractivity contribution in [2.75, 3.05) is 20.1 Å². The van der Waals surface area contributed by atoms with Gasteiger partial charge < -0.3 is 5.32 Å². The Morgan fingerprint density at radius 1 is 1.20 bits per heavy atom. The van der Waals surface area contributed by atoms with Crippen molar-refractivity contribution in [1.82, 2.24) is 10.2 Å². The van der Waals surface area contributed by atoms with Crippen LogP contribution in [0.15, 0.2) is 0 Å². The third-order valence-electron chi connectivity index (χ3n) is 4.61. The summed E-state index contributed by atoms with van der Waals surface area (Å²) in [7, 11) is 1.92. The second-order valence-electron chi connectivity index (χ2n) is 6.75. The zero-order chi connectivity index (χ0) is 15.5. The lowest BCUT2D eigenvalue weighted by Gasteiger charge is -2.43. The molecule has 1 N–H and O–H groups in total. The van der Waals surface area contributed by atoms with E-state index in [1.807, 2.05) is 20.9 Å². The van der Waals surface area contributed by atoms with E-state index in [0.717, 1.165) is 12.8 Å². The van der Waals surface area contributed by atoms with Crippen molar-refractivity contribution in [3.8, 4) is 0 Å². The molecule has 1 aliphatic rings. The Kier molecular flexibility index (Phi) is 6.32. The minimum atomic E-state index is -4.12. The van der Waals surface area contributed by atoms with Crippen molar-refractivity contribution in [3.63, 3.8) is 0 Å². The first-order chi connectivity index (χ1) is 9.14. The summed E-state index contributed by atoms with van der Waals surface area (Å²) in [6, 6.07) is 0.240. The number of hydrogen-bond donors (Lipinski definition) is 1. The van der Waals surface area contributed by atoms with Crippen LogP contribution in [0.3, 0.4) is 0 Å². The number of hydrogen-bond acceptors (Lipinski definition) is 2. The second-order valence-corrected chi connectivity index (χ2v) is 6.75. The van der Waals surface area contributed by atoms with Crippen LogP contribution >= 0.6 is 0 Å². The van der Waals surface area contributed by atoms with Gasteiger partial charge in [0.15, 0.2) is 0 Å². The van der Waals surface area contributed by atoms with E-state index in [1.54, 1.807) is 4.90 Å². The van der Waals surface area contributed by atoms with Gasteiger partial charge in [0.1, 0.15) is 0 Å². The van der Waals surface area contributed by atoms with E-state index in [0.29, 0.717) is 30.3 Å². The highest BCUT2D eigenvalue weighted by Crippen LogP contribution is 2.35. The lowest BCUT2D eigenvalue weighted by molar-refractivity contribution is -0.152. The fraction of sp³-hybridized carbons (Fsp3) is 1.00. The molecule has 1 fully saturated rings. The topological polar surface area (TPSA) is 15.3 Å². The molecule has 0 aromatic carbocycles. The van der Waals surface area contributed by atoms with E-state index < -0.39 is 12.7 Å². The van der Waals surface area contributed by atoms with Crippen LogP contribution in [0.4, 0.5) is 13.2 Å². The molecule has 0 spiro atoms. The quantitative estimate of drug-likeness (QED) is 0.834. The summed E-state index contributed by atoms with van der Waals surface area (Å²) >= 11 is 0. The van der Waals surface area contributed by atoms with E-state index in [2.05, 4.69) is 19.2 Å². The number of rotatable bonds is 5. The molecule has 4 atom stereocenters. The Bertz CT molecular complexity index is 291. The Hall–Kier alpha value is -0.290. The standard InChI is InChI=1S/C15H29F3N2/c1-10(2)20(9-15(16,17)18)8-13-12(4)6-11(3)7-14(13)19-5/h10-14,19H,6-9H2,1-5H3. The van der Waals surface area contributed by atoms with Crippen molar-refractivity contribution in [2.24, 2.45) is 17.8 Å². The van der Waals surface area contributed by atoms with Crippen molar-refractivity contribution < 1.29 is 13.2 Å². The molecule has 0 heterocycles. The normalized spacial score (nSPS) is 32.1. The molecule has 2 nitrogen and oxygen atoms in total. The molecule has 1 saturated carbocycles. The van der Waals surface area contributed by atoms with Crippen LogP contribution in [0.25, 0.3) is 0 Å². The fourth-order valence-electron chi connectivity index (χ4n) is 3.51. The van der Waals surface area contributed by atoms with Gasteiger partial charge in [-0.25, -0.2) is 0 Å². The minimum absolute atomic E-state index is 0.0827. The van der Waals surface area contributed by atoms with Crippen LogP contribution < -0.4 is 5.32 Å². The van der Waals surface area contributed by atoms with Gasteiger partial charge in [-0.1, -0.05) is 13.8 Å². The van der Waals surface area contributed by atoms with E-state index in [9.17, 15) is 13.2 Å². The molecule has 0 aromatic rings. The molecule has 0 aliphatic heterocycles. The zero-order valence-electron chi connectivity index (χ0n) is 13.3. The lowest BCUT2D eigenvalue weighted by atomic mass is 9.72. The first-order valence-corrected chi connectivity index (χ1v) is 7.62. The Morgan fingerprint density at radius 2 is 1.80 bits per heavy atom. The van der Waals surface area contributed by atoms with E-state index >= 15 is 0 Å². The number of nitrogens with one attached hydrogen (secondary N) is 1. The van der Waals surface area contributed by atoms with Gasteiger partial charge in [0.2, 0.25) is 0 Å². The van der Waals surface area contributed by atoms with Crippen molar-refractivity contribution >= 4 is 0 Å². The monoisotopic (exact) mass is 294 g/mol. The van der Waals surface area contributed by atoms with Gasteiger partial charge in [0.05, 0.1) is 6.54 Å². The Morgan fingerprint density at radius 3 is 2.25 bits per heavy atom. The lowest BCUT2D eigenvalue weighted by Crippen LogP contribution is -2.51. The molecule has 0 amide bonds. The highest BCUT2D eigenvalue weighted by molar-refractivity contribution is 4.89. The van der Waals surface area contributed by atoms with Crippen LogP contribution in [0, 0.1) is 17.8 Å². The molecule has 120 valence electrons. The summed E-state index contributed by atoms with van der Waals surface area (Å²) in [6.45, 7) is 7.81. The molecule has 0 radical (unpaired) electrons. The average Bonchev–Trinajstić information content (AvgIpc) is 2.28. The Balaban J connectivity index is 2.74. The molecule has 5 heteroatoms. The van der Waals surface area contributed by atoms with Crippen LogP contribution in [0.1, 0.15) is 40.5 Å². The fourth-order valence-corrected chi connectivity index (χ4v) is 3.51. The maximum atomic E-state index is 12.7. The summed E-state index contributed by atoms with van der Waals surface area (Å²) in [5.41, 5.74) is 0. The number of alkyl halides is 3. The molecule has 0 aromatic heterocycles. The van der Waals surface area contributed by atoms with Gasteiger partial charge in [-0.2, -0.15) is 13.2 Å². The van der Waals surface area contributed by atoms with Gasteiger partial charge in [-0.05, 0) is 51.5 Å². The van der Waals surface area contributed by atoms with Gasteiger partial charge in [0.25, 0.3) is 0 Å². The molecule has 0 saturated heterocycles. The van der Waals surface area contributed by atoms with Crippen LogP contribution in [0.5, 0.6) is 0 Å². The minimum Gasteiger partial charge on any atom is -0.317 e. The van der Waals surface area contributed by atoms with E-state index in [-0.39, 0.29) is 6.04 Å². The zero-order valence-corrected chi connectivity index (χ0v) is 13.3. The molecular formula is C15H29F3N2. The Labute approximate surface area is 121 Å². The number of nitrogens with zero attached hydrogens (tertiary/aromatic N) is 1. The highest BCUT2D eigenvalue weighted by Gasteiger charge is 2.37. The molecule has 0 bridgehead atoms. The largest absolute Gasteiger partial charge is 0.401 e. The molecule has 1 rings (SSSR count). The van der Waals surface area contributed by atoms with Crippen molar-refractivity contribution in [3.05, 3.63) is 0 Å². The van der Waals surface area contributed by atoms with Gasteiger partial charge in [-0.3, -0.25) is 4.90 Å². The van der Waals surface area contributed by atoms with Crippen LogP contribution in [0.2, 0.25) is 0 Å². The summed E-state index contributed by atoms with van der Waals surface area (Å²) < 4.78 is 38.1. The maximum absolute atomic E-state index is 12.7. The van der Waals surface area contributed by atoms with Crippen molar-refractivity contribution in [2.45, 2.75) is 58.8 Å². The summed E-state index contributed by atoms with van der Waals surface area (Å²) in [5.74, 6) is 1.40. The SMILES string of the molecule is CNC1CC(C)CC(C)C1CN(CC(F)(F)F)C(C)C. The average molecular weight is 294 g/mol. The summed E-state index contributed by atoms with van der Waals surface area (Å²) in [6.07, 6.45) is -1.95. The summed E-state index contributed by atoms with van der Waals surface area (Å²) in [5, 5.41) is 3.31. The van der Waals surface area contributed by atoms with Gasteiger partial charge in [-0.15, -0.1) is 0 Å². The van der Waals surface area contributed by atoms with Crippen molar-refractivity contribution in [1.29, 1.82) is 0 Å². The molecule has 1 aliphatic carbocycles. The van der Waals surface area contributed by atoms with Crippen LogP contribution in [-0.4, -0.2) is 43.3 Å². The van der Waals surface area contributed by atoms with Gasteiger partial charge in [0, 0.05) is 18.6 Å². The highest BCUT2D eigenvalue weighted by atomic mass is 19.4. The maximum Gasteiger partial charge on any atom is 0.401 e.